The molecule has 114 valence electrons. The smallest absolute Gasteiger partial charge is 0.239 e. The molecule has 1 N–H and O–H groups in total. The predicted octanol–water partition coefficient (Wildman–Crippen LogP) is 1.33. The van der Waals surface area contributed by atoms with Gasteiger partial charge in [-0.1, -0.05) is 30.3 Å². The van der Waals surface area contributed by atoms with Crippen molar-refractivity contribution in [2.75, 3.05) is 19.7 Å². The number of nitrogens with one attached hydrogen (secondary N) is 1. The molecule has 2 amide bonds. The Balaban J connectivity index is 1.81. The van der Waals surface area contributed by atoms with E-state index in [1.54, 1.807) is 4.90 Å². The molecule has 5 heteroatoms. The van der Waals surface area contributed by atoms with Gasteiger partial charge in [-0.15, -0.1) is 0 Å². The number of amides is 2. The second-order valence-corrected chi connectivity index (χ2v) is 5.30. The summed E-state index contributed by atoms with van der Waals surface area (Å²) in [7, 11) is 0. The zero-order valence-electron chi connectivity index (χ0n) is 12.4. The zero-order valence-corrected chi connectivity index (χ0v) is 12.4. The fourth-order valence-corrected chi connectivity index (χ4v) is 2.34. The lowest BCUT2D eigenvalue weighted by molar-refractivity contribution is -0.135. The number of benzene rings is 1. The van der Waals surface area contributed by atoms with Gasteiger partial charge < -0.3 is 15.0 Å². The Labute approximate surface area is 125 Å². The van der Waals surface area contributed by atoms with Gasteiger partial charge in [-0.05, 0) is 18.4 Å². The van der Waals surface area contributed by atoms with E-state index in [0.717, 1.165) is 25.0 Å². The van der Waals surface area contributed by atoms with Crippen LogP contribution in [0.25, 0.3) is 0 Å². The second kappa shape index (κ2) is 7.78. The summed E-state index contributed by atoms with van der Waals surface area (Å²) in [5.74, 6) is -0.247. The molecule has 1 aromatic carbocycles. The largest absolute Gasteiger partial charge is 0.376 e. The van der Waals surface area contributed by atoms with Crippen LogP contribution in [0.5, 0.6) is 0 Å². The average Bonchev–Trinajstić information content (AvgIpc) is 2.99. The fourth-order valence-electron chi connectivity index (χ4n) is 2.34. The van der Waals surface area contributed by atoms with Crippen LogP contribution in [0.4, 0.5) is 0 Å². The molecule has 1 fully saturated rings. The third-order valence-electron chi connectivity index (χ3n) is 3.55. The van der Waals surface area contributed by atoms with Gasteiger partial charge in [-0.2, -0.15) is 0 Å². The molecular formula is C16H22N2O3. The predicted molar refractivity (Wildman–Crippen MR) is 79.5 cm³/mol. The lowest BCUT2D eigenvalue weighted by Gasteiger charge is -2.21. The van der Waals surface area contributed by atoms with Crippen molar-refractivity contribution in [2.45, 2.75) is 32.4 Å². The maximum atomic E-state index is 11.9. The average molecular weight is 290 g/mol. The first kappa shape index (κ1) is 15.5. The van der Waals surface area contributed by atoms with E-state index in [2.05, 4.69) is 5.32 Å². The van der Waals surface area contributed by atoms with Crippen molar-refractivity contribution in [3.63, 3.8) is 0 Å². The van der Waals surface area contributed by atoms with E-state index in [1.165, 1.54) is 6.92 Å². The Hall–Kier alpha value is -1.88. The minimum Gasteiger partial charge on any atom is -0.376 e. The first-order chi connectivity index (χ1) is 10.1. The van der Waals surface area contributed by atoms with Crippen LogP contribution in [0.3, 0.4) is 0 Å². The van der Waals surface area contributed by atoms with Crippen molar-refractivity contribution < 1.29 is 14.3 Å². The molecule has 0 bridgehead atoms. The highest BCUT2D eigenvalue weighted by molar-refractivity contribution is 5.83. The molecule has 1 aromatic rings. The third-order valence-corrected chi connectivity index (χ3v) is 3.55. The van der Waals surface area contributed by atoms with Gasteiger partial charge in [0.25, 0.3) is 0 Å². The lowest BCUT2D eigenvalue weighted by Crippen LogP contribution is -2.41. The van der Waals surface area contributed by atoms with Gasteiger partial charge in [0.1, 0.15) is 0 Å². The molecule has 2 rings (SSSR count). The minimum absolute atomic E-state index is 0.0803. The summed E-state index contributed by atoms with van der Waals surface area (Å²) in [6.07, 6.45) is 2.16. The van der Waals surface area contributed by atoms with E-state index in [0.29, 0.717) is 13.1 Å². The monoisotopic (exact) mass is 290 g/mol. The fraction of sp³-hybridized carbons (Fsp3) is 0.500. The molecular weight excluding hydrogens is 268 g/mol. The maximum Gasteiger partial charge on any atom is 0.239 e. The van der Waals surface area contributed by atoms with E-state index in [1.807, 2.05) is 30.3 Å². The normalized spacial score (nSPS) is 17.5. The van der Waals surface area contributed by atoms with Crippen LogP contribution in [0.15, 0.2) is 30.3 Å². The van der Waals surface area contributed by atoms with Crippen LogP contribution in [-0.4, -0.2) is 42.5 Å². The minimum atomic E-state index is -0.142. The van der Waals surface area contributed by atoms with Gasteiger partial charge >= 0.3 is 0 Å². The molecule has 5 nitrogen and oxygen atoms in total. The third kappa shape index (κ3) is 5.19. The Kier molecular flexibility index (Phi) is 5.75. The Morgan fingerprint density at radius 2 is 2.10 bits per heavy atom. The van der Waals surface area contributed by atoms with Crippen molar-refractivity contribution >= 4 is 11.8 Å². The summed E-state index contributed by atoms with van der Waals surface area (Å²) in [6.45, 7) is 3.31. The number of hydrogen-bond acceptors (Lipinski definition) is 3. The van der Waals surface area contributed by atoms with E-state index in [4.69, 9.17) is 4.74 Å². The molecule has 0 spiro atoms. The quantitative estimate of drug-likeness (QED) is 0.860. The second-order valence-electron chi connectivity index (χ2n) is 5.30. The topological polar surface area (TPSA) is 58.6 Å². The lowest BCUT2D eigenvalue weighted by atomic mass is 10.2. The van der Waals surface area contributed by atoms with Gasteiger partial charge in [0.2, 0.25) is 11.8 Å². The van der Waals surface area contributed by atoms with Gasteiger partial charge in [0.05, 0.1) is 12.6 Å². The van der Waals surface area contributed by atoms with Crippen molar-refractivity contribution in [3.05, 3.63) is 35.9 Å². The van der Waals surface area contributed by atoms with Gasteiger partial charge in [0.15, 0.2) is 0 Å². The van der Waals surface area contributed by atoms with Gasteiger partial charge in [0, 0.05) is 26.6 Å². The molecule has 0 aliphatic carbocycles. The Morgan fingerprint density at radius 1 is 1.33 bits per heavy atom. The van der Waals surface area contributed by atoms with Crippen molar-refractivity contribution in [1.82, 2.24) is 10.2 Å². The Bertz CT molecular complexity index is 470. The summed E-state index contributed by atoms with van der Waals surface area (Å²) in [5.41, 5.74) is 1.01. The first-order valence-corrected chi connectivity index (χ1v) is 7.33. The van der Waals surface area contributed by atoms with E-state index in [-0.39, 0.29) is 24.5 Å². The van der Waals surface area contributed by atoms with E-state index < -0.39 is 0 Å². The number of hydrogen-bond donors (Lipinski definition) is 1. The highest BCUT2D eigenvalue weighted by Crippen LogP contribution is 2.10. The summed E-state index contributed by atoms with van der Waals surface area (Å²) >= 11 is 0. The van der Waals surface area contributed by atoms with Crippen molar-refractivity contribution in [1.29, 1.82) is 0 Å². The van der Waals surface area contributed by atoms with Crippen LogP contribution in [-0.2, 0) is 20.9 Å². The molecule has 0 aromatic heterocycles. The molecule has 1 atom stereocenters. The zero-order chi connectivity index (χ0) is 15.1. The first-order valence-electron chi connectivity index (χ1n) is 7.33. The summed E-state index contributed by atoms with van der Waals surface area (Å²) in [4.78, 5) is 25.2. The molecule has 1 saturated heterocycles. The molecule has 0 saturated carbocycles. The van der Waals surface area contributed by atoms with E-state index in [9.17, 15) is 9.59 Å². The molecule has 1 aliphatic heterocycles. The maximum absolute atomic E-state index is 11.9. The van der Waals surface area contributed by atoms with E-state index >= 15 is 0 Å². The Morgan fingerprint density at radius 3 is 2.71 bits per heavy atom. The number of carbonyl (C=O) groups is 2. The molecule has 0 radical (unpaired) electrons. The molecule has 1 aliphatic rings. The summed E-state index contributed by atoms with van der Waals surface area (Å²) in [5, 5.41) is 2.84. The number of nitrogens with zero attached hydrogens (tertiary/aromatic N) is 1. The molecule has 1 heterocycles. The van der Waals surface area contributed by atoms with Gasteiger partial charge in [-0.3, -0.25) is 9.59 Å². The molecule has 1 unspecified atom stereocenters. The van der Waals surface area contributed by atoms with Gasteiger partial charge in [-0.25, -0.2) is 0 Å². The molecule has 21 heavy (non-hydrogen) atoms. The van der Waals surface area contributed by atoms with Crippen LogP contribution in [0.2, 0.25) is 0 Å². The number of rotatable bonds is 6. The van der Waals surface area contributed by atoms with Crippen LogP contribution in [0.1, 0.15) is 25.3 Å². The highest BCUT2D eigenvalue weighted by Gasteiger charge is 2.18. The van der Waals surface area contributed by atoms with Crippen molar-refractivity contribution in [2.24, 2.45) is 0 Å². The van der Waals surface area contributed by atoms with Crippen molar-refractivity contribution in [3.8, 4) is 0 Å². The van der Waals surface area contributed by atoms with Crippen LogP contribution in [0, 0.1) is 0 Å². The SMILES string of the molecule is CC(=O)N(CC(=O)NCC1CCCO1)Cc1ccccc1. The number of ether oxygens (including phenoxy) is 1. The summed E-state index contributed by atoms with van der Waals surface area (Å²) in [6, 6.07) is 9.66. The van der Waals surface area contributed by atoms with Crippen LogP contribution < -0.4 is 5.32 Å². The number of carbonyl (C=O) groups excluding carboxylic acids is 2. The van der Waals surface area contributed by atoms with Crippen LogP contribution >= 0.6 is 0 Å². The summed E-state index contributed by atoms with van der Waals surface area (Å²) < 4.78 is 5.46. The highest BCUT2D eigenvalue weighted by atomic mass is 16.5. The standard InChI is InChI=1S/C16H22N2O3/c1-13(19)18(11-14-6-3-2-4-7-14)12-16(20)17-10-15-8-5-9-21-15/h2-4,6-7,15H,5,8-12H2,1H3,(H,17,20).